The molecule has 21 heavy (non-hydrogen) atoms. The van der Waals surface area contributed by atoms with Crippen molar-refractivity contribution < 1.29 is 14.3 Å². The summed E-state index contributed by atoms with van der Waals surface area (Å²) in [4.78, 5) is 13.7. The Hall–Kier alpha value is -0.820. The SMILES string of the molecule is CSCC[C@@H](N)C(=O)N(CCO)Cc1ccc(F)cc1.Cl. The summed E-state index contributed by atoms with van der Waals surface area (Å²) in [5.41, 5.74) is 6.68. The number of aliphatic hydroxyl groups excluding tert-OH is 1. The number of hydrogen-bond acceptors (Lipinski definition) is 4. The maximum Gasteiger partial charge on any atom is 0.239 e. The third-order valence-electron chi connectivity index (χ3n) is 2.92. The average molecular weight is 337 g/mol. The van der Waals surface area contributed by atoms with Crippen molar-refractivity contribution in [3.05, 3.63) is 35.6 Å². The second-order valence-corrected chi connectivity index (χ2v) is 5.48. The van der Waals surface area contributed by atoms with Gasteiger partial charge in [-0.05, 0) is 36.1 Å². The number of nitrogens with zero attached hydrogens (tertiary/aromatic N) is 1. The lowest BCUT2D eigenvalue weighted by atomic mass is 10.1. The van der Waals surface area contributed by atoms with E-state index in [0.717, 1.165) is 11.3 Å². The van der Waals surface area contributed by atoms with Gasteiger partial charge in [-0.2, -0.15) is 11.8 Å². The molecule has 1 rings (SSSR count). The summed E-state index contributed by atoms with van der Waals surface area (Å²) in [6.07, 6.45) is 2.56. The van der Waals surface area contributed by atoms with Crippen molar-refractivity contribution in [1.82, 2.24) is 4.90 Å². The van der Waals surface area contributed by atoms with Crippen LogP contribution in [0.5, 0.6) is 0 Å². The third-order valence-corrected chi connectivity index (χ3v) is 3.56. The summed E-state index contributed by atoms with van der Waals surface area (Å²) in [6.45, 7) is 0.429. The molecule has 0 fully saturated rings. The molecule has 0 saturated heterocycles. The van der Waals surface area contributed by atoms with Crippen LogP contribution >= 0.6 is 24.2 Å². The largest absolute Gasteiger partial charge is 0.395 e. The molecule has 120 valence electrons. The monoisotopic (exact) mass is 336 g/mol. The van der Waals surface area contributed by atoms with Gasteiger partial charge in [0.1, 0.15) is 5.82 Å². The minimum Gasteiger partial charge on any atom is -0.395 e. The molecule has 0 unspecified atom stereocenters. The Kier molecular flexibility index (Phi) is 10.4. The zero-order valence-corrected chi connectivity index (χ0v) is 13.6. The Balaban J connectivity index is 0.00000400. The van der Waals surface area contributed by atoms with Gasteiger partial charge in [-0.1, -0.05) is 12.1 Å². The van der Waals surface area contributed by atoms with Gasteiger partial charge in [-0.25, -0.2) is 4.39 Å². The van der Waals surface area contributed by atoms with Crippen LogP contribution in [0.25, 0.3) is 0 Å². The van der Waals surface area contributed by atoms with Gasteiger partial charge in [-0.3, -0.25) is 4.79 Å². The highest BCUT2D eigenvalue weighted by Crippen LogP contribution is 2.09. The number of nitrogens with two attached hydrogens (primary N) is 1. The normalized spacial score (nSPS) is 11.6. The molecule has 0 spiro atoms. The Morgan fingerprint density at radius 1 is 1.43 bits per heavy atom. The van der Waals surface area contributed by atoms with Crippen LogP contribution in [0.15, 0.2) is 24.3 Å². The Labute approximate surface area is 135 Å². The molecule has 4 nitrogen and oxygen atoms in total. The summed E-state index contributed by atoms with van der Waals surface area (Å²) >= 11 is 1.64. The maximum absolute atomic E-state index is 12.9. The lowest BCUT2D eigenvalue weighted by Gasteiger charge is -2.25. The van der Waals surface area contributed by atoms with Gasteiger partial charge in [0, 0.05) is 13.1 Å². The predicted molar refractivity (Wildman–Crippen MR) is 87.1 cm³/mol. The van der Waals surface area contributed by atoms with Gasteiger partial charge >= 0.3 is 0 Å². The van der Waals surface area contributed by atoms with E-state index in [-0.39, 0.29) is 37.3 Å². The molecule has 0 aliphatic rings. The number of halogens is 2. The van der Waals surface area contributed by atoms with Gasteiger partial charge in [-0.15, -0.1) is 12.4 Å². The Bertz CT molecular complexity index is 420. The Morgan fingerprint density at radius 2 is 2.05 bits per heavy atom. The smallest absolute Gasteiger partial charge is 0.239 e. The quantitative estimate of drug-likeness (QED) is 0.757. The van der Waals surface area contributed by atoms with Gasteiger partial charge in [0.05, 0.1) is 12.6 Å². The van der Waals surface area contributed by atoms with E-state index >= 15 is 0 Å². The number of carbonyl (C=O) groups excluding carboxylic acids is 1. The number of benzene rings is 1. The highest BCUT2D eigenvalue weighted by Gasteiger charge is 2.20. The van der Waals surface area contributed by atoms with Crippen LogP contribution in [0.4, 0.5) is 4.39 Å². The van der Waals surface area contributed by atoms with E-state index in [2.05, 4.69) is 0 Å². The summed E-state index contributed by atoms with van der Waals surface area (Å²) < 4.78 is 12.9. The van der Waals surface area contributed by atoms with Gasteiger partial charge in [0.15, 0.2) is 0 Å². The van der Waals surface area contributed by atoms with E-state index in [9.17, 15) is 9.18 Å². The van der Waals surface area contributed by atoms with Crippen molar-refractivity contribution in [2.75, 3.05) is 25.2 Å². The fourth-order valence-electron chi connectivity index (χ4n) is 1.80. The summed E-state index contributed by atoms with van der Waals surface area (Å²) in [7, 11) is 0. The number of rotatable bonds is 8. The number of hydrogen-bond donors (Lipinski definition) is 2. The lowest BCUT2D eigenvalue weighted by Crippen LogP contribution is -2.44. The number of thioether (sulfide) groups is 1. The summed E-state index contributed by atoms with van der Waals surface area (Å²) in [5, 5.41) is 9.07. The first kappa shape index (κ1) is 20.2. The molecule has 7 heteroatoms. The van der Waals surface area contributed by atoms with Crippen molar-refractivity contribution >= 4 is 30.1 Å². The second-order valence-electron chi connectivity index (χ2n) is 4.50. The van der Waals surface area contributed by atoms with E-state index in [4.69, 9.17) is 10.8 Å². The first-order valence-corrected chi connectivity index (χ1v) is 7.86. The standard InChI is InChI=1S/C14H21FN2O2S.ClH/c1-20-9-6-13(16)14(19)17(7-8-18)10-11-2-4-12(15)5-3-11;/h2-5,13,18H,6-10,16H2,1H3;1H/t13-;/m1./s1. The molecular weight excluding hydrogens is 315 g/mol. The zero-order chi connectivity index (χ0) is 15.0. The molecule has 1 atom stereocenters. The molecule has 1 aromatic carbocycles. The molecule has 0 aromatic heterocycles. The topological polar surface area (TPSA) is 66.6 Å². The molecule has 1 amide bonds. The van der Waals surface area contributed by atoms with E-state index in [1.54, 1.807) is 23.9 Å². The third kappa shape index (κ3) is 7.13. The molecule has 0 bridgehead atoms. The van der Waals surface area contributed by atoms with Crippen LogP contribution in [0.3, 0.4) is 0 Å². The highest BCUT2D eigenvalue weighted by molar-refractivity contribution is 7.98. The first-order valence-electron chi connectivity index (χ1n) is 6.47. The molecule has 0 radical (unpaired) electrons. The van der Waals surface area contributed by atoms with Gasteiger partial charge in [0.25, 0.3) is 0 Å². The van der Waals surface area contributed by atoms with Gasteiger partial charge in [0.2, 0.25) is 5.91 Å². The fraction of sp³-hybridized carbons (Fsp3) is 0.500. The van der Waals surface area contributed by atoms with Crippen LogP contribution in [-0.4, -0.2) is 47.1 Å². The van der Waals surface area contributed by atoms with Crippen molar-refractivity contribution in [2.24, 2.45) is 5.73 Å². The molecule has 0 heterocycles. The van der Waals surface area contributed by atoms with Crippen molar-refractivity contribution in [2.45, 2.75) is 19.0 Å². The second kappa shape index (κ2) is 10.8. The first-order chi connectivity index (χ1) is 9.58. The van der Waals surface area contributed by atoms with Crippen LogP contribution in [0, 0.1) is 5.82 Å². The Morgan fingerprint density at radius 3 is 2.57 bits per heavy atom. The molecule has 0 saturated carbocycles. The van der Waals surface area contributed by atoms with Crippen molar-refractivity contribution in [3.8, 4) is 0 Å². The van der Waals surface area contributed by atoms with Crippen LogP contribution in [0.2, 0.25) is 0 Å². The summed E-state index contributed by atoms with van der Waals surface area (Å²) in [6, 6.07) is 5.39. The minimum atomic E-state index is -0.561. The van der Waals surface area contributed by atoms with Crippen LogP contribution < -0.4 is 5.73 Å². The fourth-order valence-corrected chi connectivity index (χ4v) is 2.29. The van der Waals surface area contributed by atoms with E-state index in [0.29, 0.717) is 13.0 Å². The molecule has 0 aliphatic carbocycles. The molecular formula is C14H22ClFN2O2S. The highest BCUT2D eigenvalue weighted by atomic mass is 35.5. The number of amides is 1. The van der Waals surface area contributed by atoms with Crippen molar-refractivity contribution in [1.29, 1.82) is 0 Å². The molecule has 1 aromatic rings. The number of carbonyl (C=O) groups is 1. The minimum absolute atomic E-state index is 0. The summed E-state index contributed by atoms with van der Waals surface area (Å²) in [5.74, 6) is 0.319. The van der Waals surface area contributed by atoms with E-state index < -0.39 is 6.04 Å². The van der Waals surface area contributed by atoms with Crippen LogP contribution in [0.1, 0.15) is 12.0 Å². The number of aliphatic hydroxyl groups is 1. The molecule has 0 aliphatic heterocycles. The van der Waals surface area contributed by atoms with E-state index in [1.807, 2.05) is 6.26 Å². The van der Waals surface area contributed by atoms with Gasteiger partial charge < -0.3 is 15.7 Å². The van der Waals surface area contributed by atoms with E-state index in [1.165, 1.54) is 17.0 Å². The lowest BCUT2D eigenvalue weighted by molar-refractivity contribution is -0.133. The van der Waals surface area contributed by atoms with Crippen molar-refractivity contribution in [3.63, 3.8) is 0 Å². The average Bonchev–Trinajstić information content (AvgIpc) is 2.45. The maximum atomic E-state index is 12.9. The zero-order valence-electron chi connectivity index (χ0n) is 12.0. The van der Waals surface area contributed by atoms with Crippen LogP contribution in [-0.2, 0) is 11.3 Å². The molecule has 3 N–H and O–H groups in total. The predicted octanol–water partition coefficient (Wildman–Crippen LogP) is 1.65.